The Kier molecular flexibility index (Phi) is 3.15. The van der Waals surface area contributed by atoms with Crippen LogP contribution in [0, 0.1) is 11.5 Å². The van der Waals surface area contributed by atoms with Crippen molar-refractivity contribution >= 4 is 17.6 Å². The minimum Gasteiger partial charge on any atom is -0.370 e. The van der Waals surface area contributed by atoms with E-state index in [-0.39, 0.29) is 18.4 Å². The highest BCUT2D eigenvalue weighted by Crippen LogP contribution is 2.24. The summed E-state index contributed by atoms with van der Waals surface area (Å²) < 4.78 is 0. The maximum absolute atomic E-state index is 12.0. The third-order valence-electron chi connectivity index (χ3n) is 2.82. The largest absolute Gasteiger partial charge is 0.370 e. The fourth-order valence-corrected chi connectivity index (χ4v) is 1.91. The second-order valence-corrected chi connectivity index (χ2v) is 3.90. The van der Waals surface area contributed by atoms with Crippen LogP contribution in [-0.4, -0.2) is 30.4 Å². The molecule has 1 aromatic carbocycles. The summed E-state index contributed by atoms with van der Waals surface area (Å²) in [4.78, 5) is 18.6. The number of guanidine groups is 1. The molecule has 1 aliphatic rings. The zero-order chi connectivity index (χ0) is 13.1. The molecule has 6 nitrogen and oxygen atoms in total. The van der Waals surface area contributed by atoms with E-state index in [2.05, 4.69) is 4.99 Å². The van der Waals surface area contributed by atoms with Crippen molar-refractivity contribution in [2.75, 3.05) is 18.5 Å². The molecule has 0 aromatic heterocycles. The fourth-order valence-electron chi connectivity index (χ4n) is 1.91. The van der Waals surface area contributed by atoms with Gasteiger partial charge < -0.3 is 10.6 Å². The average Bonchev–Trinajstić information content (AvgIpc) is 2.53. The summed E-state index contributed by atoms with van der Waals surface area (Å²) in [6, 6.07) is 7.28. The van der Waals surface area contributed by atoms with Crippen LogP contribution in [-0.2, 0) is 11.3 Å². The van der Waals surface area contributed by atoms with Gasteiger partial charge in [0.15, 0.2) is 12.2 Å². The summed E-state index contributed by atoms with van der Waals surface area (Å²) >= 11 is 0. The number of carbonyl (C=O) groups excluding carboxylic acids is 1. The molecule has 1 heterocycles. The zero-order valence-corrected chi connectivity index (χ0v) is 10.00. The summed E-state index contributed by atoms with van der Waals surface area (Å²) in [5.74, 6) is -0.0213. The van der Waals surface area contributed by atoms with Gasteiger partial charge in [-0.2, -0.15) is 5.26 Å². The maximum Gasteiger partial charge on any atom is 0.259 e. The van der Waals surface area contributed by atoms with E-state index >= 15 is 0 Å². The van der Waals surface area contributed by atoms with E-state index < -0.39 is 0 Å². The number of benzene rings is 1. The third kappa shape index (κ3) is 1.98. The van der Waals surface area contributed by atoms with Crippen LogP contribution in [0.25, 0.3) is 0 Å². The number of amides is 1. The Morgan fingerprint density at radius 2 is 2.17 bits per heavy atom. The Bertz CT molecular complexity index is 546. The molecule has 1 amide bonds. The summed E-state index contributed by atoms with van der Waals surface area (Å²) in [6.07, 6.45) is 1.90. The van der Waals surface area contributed by atoms with Crippen molar-refractivity contribution in [1.29, 1.82) is 5.26 Å². The van der Waals surface area contributed by atoms with Gasteiger partial charge in [-0.05, 0) is 11.6 Å². The predicted octanol–water partition coefficient (Wildman–Crippen LogP) is 0.261. The monoisotopic (exact) mass is 243 g/mol. The Morgan fingerprint density at radius 1 is 1.44 bits per heavy atom. The predicted molar refractivity (Wildman–Crippen MR) is 67.5 cm³/mol. The first-order chi connectivity index (χ1) is 8.67. The van der Waals surface area contributed by atoms with Crippen molar-refractivity contribution in [1.82, 2.24) is 4.90 Å². The Hall–Kier alpha value is -2.55. The van der Waals surface area contributed by atoms with Gasteiger partial charge in [-0.3, -0.25) is 9.79 Å². The summed E-state index contributed by atoms with van der Waals surface area (Å²) in [5.41, 5.74) is 7.23. The molecule has 92 valence electrons. The third-order valence-corrected chi connectivity index (χ3v) is 2.82. The second kappa shape index (κ2) is 4.75. The van der Waals surface area contributed by atoms with Crippen LogP contribution in [0.1, 0.15) is 5.56 Å². The molecule has 1 aliphatic heterocycles. The van der Waals surface area contributed by atoms with E-state index in [0.29, 0.717) is 12.2 Å². The van der Waals surface area contributed by atoms with E-state index in [0.717, 1.165) is 10.5 Å². The summed E-state index contributed by atoms with van der Waals surface area (Å²) in [6.45, 7) is 0.509. The first kappa shape index (κ1) is 11.9. The molecule has 18 heavy (non-hydrogen) atoms. The maximum atomic E-state index is 12.0. The summed E-state index contributed by atoms with van der Waals surface area (Å²) in [5, 5.41) is 9.09. The topological polar surface area (TPSA) is 85.7 Å². The van der Waals surface area contributed by atoms with Crippen LogP contribution in [0.15, 0.2) is 29.3 Å². The van der Waals surface area contributed by atoms with Crippen LogP contribution >= 0.6 is 0 Å². The van der Waals surface area contributed by atoms with Gasteiger partial charge in [0.2, 0.25) is 0 Å². The number of anilines is 1. The SMILES string of the molecule is CN=C(N)N1CC(=O)N(C#N)c2ccccc2C1. The molecule has 2 rings (SSSR count). The zero-order valence-electron chi connectivity index (χ0n) is 10.00. The molecule has 0 saturated carbocycles. The summed E-state index contributed by atoms with van der Waals surface area (Å²) in [7, 11) is 1.57. The van der Waals surface area contributed by atoms with Gasteiger partial charge >= 0.3 is 0 Å². The van der Waals surface area contributed by atoms with Crippen molar-refractivity contribution < 1.29 is 4.79 Å². The number of carbonyl (C=O) groups is 1. The molecule has 6 heteroatoms. The minimum absolute atomic E-state index is 0.0470. The number of rotatable bonds is 0. The lowest BCUT2D eigenvalue weighted by atomic mass is 10.1. The van der Waals surface area contributed by atoms with Crippen LogP contribution in [0.2, 0.25) is 0 Å². The van der Waals surface area contributed by atoms with E-state index in [1.54, 1.807) is 24.1 Å². The molecule has 0 bridgehead atoms. The highest BCUT2D eigenvalue weighted by atomic mass is 16.2. The fraction of sp³-hybridized carbons (Fsp3) is 0.250. The van der Waals surface area contributed by atoms with E-state index in [1.165, 1.54) is 0 Å². The lowest BCUT2D eigenvalue weighted by Crippen LogP contribution is -2.41. The average molecular weight is 243 g/mol. The normalized spacial score (nSPS) is 16.0. The van der Waals surface area contributed by atoms with Gasteiger partial charge in [-0.25, -0.2) is 4.90 Å². The number of aliphatic imine (C=N–C) groups is 1. The molecule has 0 spiro atoms. The van der Waals surface area contributed by atoms with Crippen molar-refractivity contribution in [2.24, 2.45) is 10.7 Å². The van der Waals surface area contributed by atoms with Gasteiger partial charge in [0.05, 0.1) is 5.69 Å². The number of hydrogen-bond donors (Lipinski definition) is 1. The van der Waals surface area contributed by atoms with Crippen LogP contribution in [0.4, 0.5) is 5.69 Å². The lowest BCUT2D eigenvalue weighted by Gasteiger charge is -2.19. The van der Waals surface area contributed by atoms with Crippen LogP contribution in [0.5, 0.6) is 0 Å². The number of nitriles is 1. The molecule has 2 N–H and O–H groups in total. The smallest absolute Gasteiger partial charge is 0.259 e. The number of nitrogens with zero attached hydrogens (tertiary/aromatic N) is 4. The van der Waals surface area contributed by atoms with Crippen LogP contribution < -0.4 is 10.6 Å². The second-order valence-electron chi connectivity index (χ2n) is 3.90. The highest BCUT2D eigenvalue weighted by molar-refractivity contribution is 6.00. The van der Waals surface area contributed by atoms with Crippen molar-refractivity contribution in [2.45, 2.75) is 6.54 Å². The van der Waals surface area contributed by atoms with Gasteiger partial charge in [-0.1, -0.05) is 18.2 Å². The molecule has 0 radical (unpaired) electrons. The molecule has 1 aromatic rings. The van der Waals surface area contributed by atoms with Crippen molar-refractivity contribution in [3.63, 3.8) is 0 Å². The number of para-hydroxylation sites is 1. The molecule has 0 saturated heterocycles. The molecule has 0 fully saturated rings. The molecular formula is C12H13N5O. The molecular weight excluding hydrogens is 230 g/mol. The van der Waals surface area contributed by atoms with Gasteiger partial charge in [-0.15, -0.1) is 0 Å². The van der Waals surface area contributed by atoms with Crippen molar-refractivity contribution in [3.8, 4) is 6.19 Å². The Morgan fingerprint density at radius 3 is 2.83 bits per heavy atom. The van der Waals surface area contributed by atoms with Crippen LogP contribution in [0.3, 0.4) is 0 Å². The number of hydrogen-bond acceptors (Lipinski definition) is 3. The van der Waals surface area contributed by atoms with E-state index in [9.17, 15) is 4.79 Å². The van der Waals surface area contributed by atoms with Gasteiger partial charge in [0.1, 0.15) is 6.54 Å². The van der Waals surface area contributed by atoms with Crippen molar-refractivity contribution in [3.05, 3.63) is 29.8 Å². The number of fused-ring (bicyclic) bond motifs is 1. The van der Waals surface area contributed by atoms with Gasteiger partial charge in [0, 0.05) is 13.6 Å². The molecule has 0 aliphatic carbocycles. The van der Waals surface area contributed by atoms with E-state index in [1.807, 2.05) is 18.3 Å². The van der Waals surface area contributed by atoms with E-state index in [4.69, 9.17) is 11.0 Å². The standard InChI is InChI=1S/C12H13N5O/c1-15-12(14)16-6-9-4-2-3-5-10(9)17(8-13)11(18)7-16/h2-5H,6-7H2,1H3,(H2,14,15). The van der Waals surface area contributed by atoms with Gasteiger partial charge in [0.25, 0.3) is 5.91 Å². The quantitative estimate of drug-likeness (QED) is 0.402. The minimum atomic E-state index is -0.311. The molecule has 0 atom stereocenters. The highest BCUT2D eigenvalue weighted by Gasteiger charge is 2.26. The first-order valence-electron chi connectivity index (χ1n) is 5.45. The number of nitrogens with two attached hydrogens (primary N) is 1. The lowest BCUT2D eigenvalue weighted by molar-refractivity contribution is -0.118. The Balaban J connectivity index is 2.48. The molecule has 0 unspecified atom stereocenters. The Labute approximate surface area is 105 Å². The first-order valence-corrected chi connectivity index (χ1v) is 5.45.